The fourth-order valence-electron chi connectivity index (χ4n) is 0.649. The van der Waals surface area contributed by atoms with E-state index >= 15 is 0 Å². The summed E-state index contributed by atoms with van der Waals surface area (Å²) in [5.41, 5.74) is 0. The van der Waals surface area contributed by atoms with E-state index in [1.54, 1.807) is 6.26 Å². The number of rotatable bonds is 3. The molecular formula is C7H7F3N2OS. The summed E-state index contributed by atoms with van der Waals surface area (Å²) >= 11 is 1.30. The monoisotopic (exact) mass is 224 g/mol. The van der Waals surface area contributed by atoms with E-state index in [0.717, 1.165) is 0 Å². The number of aromatic nitrogens is 2. The van der Waals surface area contributed by atoms with Crippen LogP contribution in [-0.4, -0.2) is 29.0 Å². The minimum Gasteiger partial charge on any atom is -0.481 e. The van der Waals surface area contributed by atoms with E-state index in [1.165, 1.54) is 24.2 Å². The maximum Gasteiger partial charge on any atom is 0.422 e. The van der Waals surface area contributed by atoms with Crippen LogP contribution in [0.3, 0.4) is 0 Å². The Kier molecular flexibility index (Phi) is 3.56. The van der Waals surface area contributed by atoms with Gasteiger partial charge in [0.1, 0.15) is 0 Å². The molecule has 0 unspecified atom stereocenters. The zero-order valence-corrected chi connectivity index (χ0v) is 8.02. The number of hydrogen-bond acceptors (Lipinski definition) is 4. The topological polar surface area (TPSA) is 35.0 Å². The Bertz CT molecular complexity index is 288. The molecule has 78 valence electrons. The lowest BCUT2D eigenvalue weighted by Gasteiger charge is -2.07. The Labute approximate surface area is 82.7 Å². The smallest absolute Gasteiger partial charge is 0.422 e. The maximum atomic E-state index is 11.7. The van der Waals surface area contributed by atoms with Crippen molar-refractivity contribution in [3.63, 3.8) is 0 Å². The third kappa shape index (κ3) is 3.82. The van der Waals surface area contributed by atoms with E-state index < -0.39 is 12.8 Å². The van der Waals surface area contributed by atoms with Crippen LogP contribution in [0.2, 0.25) is 0 Å². The Balaban J connectivity index is 2.52. The van der Waals surface area contributed by atoms with Crippen LogP contribution in [0.25, 0.3) is 0 Å². The Morgan fingerprint density at radius 3 is 2.36 bits per heavy atom. The molecule has 0 N–H and O–H groups in total. The van der Waals surface area contributed by atoms with Crippen molar-refractivity contribution in [1.82, 2.24) is 9.97 Å². The average molecular weight is 224 g/mol. The summed E-state index contributed by atoms with van der Waals surface area (Å²) in [5, 5.41) is 0.490. The van der Waals surface area contributed by atoms with Crippen LogP contribution >= 0.6 is 11.8 Å². The van der Waals surface area contributed by atoms with Crippen LogP contribution in [-0.2, 0) is 0 Å². The summed E-state index contributed by atoms with van der Waals surface area (Å²) < 4.78 is 39.6. The second kappa shape index (κ2) is 4.50. The average Bonchev–Trinajstić information content (AvgIpc) is 2.14. The molecule has 7 heteroatoms. The lowest BCUT2D eigenvalue weighted by molar-refractivity contribution is -0.153. The molecule has 1 aromatic rings. The molecule has 1 rings (SSSR count). The fourth-order valence-corrected chi connectivity index (χ4v) is 0.966. The van der Waals surface area contributed by atoms with Crippen LogP contribution in [0.15, 0.2) is 17.6 Å². The summed E-state index contributed by atoms with van der Waals surface area (Å²) in [7, 11) is 0. The third-order valence-electron chi connectivity index (χ3n) is 1.19. The van der Waals surface area contributed by atoms with Gasteiger partial charge in [-0.25, -0.2) is 9.97 Å². The van der Waals surface area contributed by atoms with E-state index in [0.29, 0.717) is 5.16 Å². The minimum atomic E-state index is -4.34. The molecule has 3 nitrogen and oxygen atoms in total. The van der Waals surface area contributed by atoms with Gasteiger partial charge < -0.3 is 4.74 Å². The molecule has 0 radical (unpaired) electrons. The van der Waals surface area contributed by atoms with Crippen LogP contribution in [0.4, 0.5) is 13.2 Å². The number of thioether (sulfide) groups is 1. The molecule has 0 saturated carbocycles. The predicted octanol–water partition coefficient (Wildman–Crippen LogP) is 2.14. The second-order valence-electron chi connectivity index (χ2n) is 2.31. The summed E-state index contributed by atoms with van der Waals surface area (Å²) in [5.74, 6) is 0.0140. The SMILES string of the molecule is CSc1ncc(OCC(F)(F)F)cn1. The van der Waals surface area contributed by atoms with Gasteiger partial charge in [0, 0.05) is 0 Å². The first-order chi connectivity index (χ1) is 6.51. The molecular weight excluding hydrogens is 217 g/mol. The van der Waals surface area contributed by atoms with Crippen molar-refractivity contribution in [3.05, 3.63) is 12.4 Å². The van der Waals surface area contributed by atoms with Gasteiger partial charge in [0.2, 0.25) is 0 Å². The first-order valence-corrected chi connectivity index (χ1v) is 4.79. The largest absolute Gasteiger partial charge is 0.481 e. The number of hydrogen-bond donors (Lipinski definition) is 0. The Morgan fingerprint density at radius 2 is 1.93 bits per heavy atom. The summed E-state index contributed by atoms with van der Waals surface area (Å²) in [6.07, 6.45) is -0.140. The van der Waals surface area contributed by atoms with E-state index in [9.17, 15) is 13.2 Å². The van der Waals surface area contributed by atoms with E-state index in [1.807, 2.05) is 0 Å². The van der Waals surface area contributed by atoms with Gasteiger partial charge in [-0.1, -0.05) is 11.8 Å². The first kappa shape index (κ1) is 11.1. The molecule has 0 aliphatic heterocycles. The normalized spacial score (nSPS) is 11.4. The molecule has 0 aromatic carbocycles. The molecule has 0 fully saturated rings. The highest BCUT2D eigenvalue weighted by molar-refractivity contribution is 7.98. The standard InChI is InChI=1S/C7H7F3N2OS/c1-14-6-11-2-5(3-12-6)13-4-7(8,9)10/h2-3H,4H2,1H3. The van der Waals surface area contributed by atoms with Gasteiger partial charge in [-0.15, -0.1) is 0 Å². The van der Waals surface area contributed by atoms with Crippen molar-refractivity contribution in [2.24, 2.45) is 0 Å². The van der Waals surface area contributed by atoms with Gasteiger partial charge in [-0.05, 0) is 6.26 Å². The predicted molar refractivity (Wildman–Crippen MR) is 45.4 cm³/mol. The van der Waals surface area contributed by atoms with Crippen LogP contribution < -0.4 is 4.74 Å². The van der Waals surface area contributed by atoms with Crippen molar-refractivity contribution in [3.8, 4) is 5.75 Å². The first-order valence-electron chi connectivity index (χ1n) is 3.57. The molecule has 0 aliphatic rings. The third-order valence-corrected chi connectivity index (χ3v) is 1.77. The van der Waals surface area contributed by atoms with Crippen molar-refractivity contribution >= 4 is 11.8 Å². The number of nitrogens with zero attached hydrogens (tertiary/aromatic N) is 2. The molecule has 0 spiro atoms. The second-order valence-corrected chi connectivity index (χ2v) is 3.08. The molecule has 0 bridgehead atoms. The number of halogens is 3. The van der Waals surface area contributed by atoms with Crippen LogP contribution in [0.1, 0.15) is 0 Å². The number of alkyl halides is 3. The lowest BCUT2D eigenvalue weighted by atomic mass is 10.6. The molecule has 0 saturated heterocycles. The zero-order valence-electron chi connectivity index (χ0n) is 7.21. The Hall–Kier alpha value is -0.980. The van der Waals surface area contributed by atoms with Gasteiger partial charge in [-0.3, -0.25) is 0 Å². The van der Waals surface area contributed by atoms with Crippen LogP contribution in [0.5, 0.6) is 5.75 Å². The van der Waals surface area contributed by atoms with Gasteiger partial charge in [0.25, 0.3) is 0 Å². The van der Waals surface area contributed by atoms with Gasteiger partial charge >= 0.3 is 6.18 Å². The van der Waals surface area contributed by atoms with Gasteiger partial charge in [0.15, 0.2) is 17.5 Å². The molecule has 1 heterocycles. The molecule has 0 atom stereocenters. The van der Waals surface area contributed by atoms with Gasteiger partial charge in [-0.2, -0.15) is 13.2 Å². The summed E-state index contributed by atoms with van der Waals surface area (Å²) in [6.45, 7) is -1.32. The molecule has 1 aromatic heterocycles. The van der Waals surface area contributed by atoms with Crippen molar-refractivity contribution in [2.75, 3.05) is 12.9 Å². The zero-order chi connectivity index (χ0) is 10.6. The highest BCUT2D eigenvalue weighted by Crippen LogP contribution is 2.18. The van der Waals surface area contributed by atoms with E-state index in [2.05, 4.69) is 14.7 Å². The van der Waals surface area contributed by atoms with Crippen molar-refractivity contribution in [1.29, 1.82) is 0 Å². The quantitative estimate of drug-likeness (QED) is 0.582. The highest BCUT2D eigenvalue weighted by atomic mass is 32.2. The Morgan fingerprint density at radius 1 is 1.36 bits per heavy atom. The molecule has 0 amide bonds. The minimum absolute atomic E-state index is 0.0140. The van der Waals surface area contributed by atoms with E-state index in [4.69, 9.17) is 0 Å². The van der Waals surface area contributed by atoms with Gasteiger partial charge in [0.05, 0.1) is 12.4 Å². The molecule has 0 aliphatic carbocycles. The van der Waals surface area contributed by atoms with Crippen molar-refractivity contribution < 1.29 is 17.9 Å². The lowest BCUT2D eigenvalue weighted by Crippen LogP contribution is -2.19. The maximum absolute atomic E-state index is 11.7. The fraction of sp³-hybridized carbons (Fsp3) is 0.429. The van der Waals surface area contributed by atoms with Crippen molar-refractivity contribution in [2.45, 2.75) is 11.3 Å². The summed E-state index contributed by atoms with van der Waals surface area (Å²) in [4.78, 5) is 7.51. The summed E-state index contributed by atoms with van der Waals surface area (Å²) in [6, 6.07) is 0. The van der Waals surface area contributed by atoms with Crippen LogP contribution in [0, 0.1) is 0 Å². The van der Waals surface area contributed by atoms with E-state index in [-0.39, 0.29) is 5.75 Å². The molecule has 14 heavy (non-hydrogen) atoms. The number of ether oxygens (including phenoxy) is 1. The highest BCUT2D eigenvalue weighted by Gasteiger charge is 2.28.